The Balaban J connectivity index is 0.0000144. The van der Waals surface area contributed by atoms with E-state index >= 15 is 0 Å². The molecule has 3 atom stereocenters. The Morgan fingerprint density at radius 3 is 1.68 bits per heavy atom. The average molecular weight is 1310 g/mol. The van der Waals surface area contributed by atoms with Crippen LogP contribution in [-0.2, 0) is 67.6 Å². The number of benzene rings is 2. The fourth-order valence-corrected chi connectivity index (χ4v) is 9.18. The number of fused-ring (bicyclic) bond motifs is 1. The van der Waals surface area contributed by atoms with Crippen molar-refractivity contribution in [3.8, 4) is 0 Å². The molecule has 11 N–H and O–H groups in total. The number of carbonyl (C=O) groups excluding carboxylic acids is 5. The second kappa shape index (κ2) is 34.2. The molecule has 5 rings (SSSR count). The van der Waals surface area contributed by atoms with Crippen molar-refractivity contribution in [3.05, 3.63) is 83.4 Å². The summed E-state index contributed by atoms with van der Waals surface area (Å²) in [5, 5.41) is 68.0. The van der Waals surface area contributed by atoms with Gasteiger partial charge in [0.05, 0.1) is 39.1 Å². The summed E-state index contributed by atoms with van der Waals surface area (Å²) >= 11 is 0. The van der Waals surface area contributed by atoms with E-state index in [4.69, 9.17) is 0 Å². The number of nitrogens with zero attached hydrogens (tertiary/aromatic N) is 7. The second-order valence-electron chi connectivity index (χ2n) is 19.6. The van der Waals surface area contributed by atoms with E-state index in [0.29, 0.717) is 17.1 Å². The van der Waals surface area contributed by atoms with Gasteiger partial charge in [-0.3, -0.25) is 72.3 Å². The van der Waals surface area contributed by atoms with Crippen LogP contribution in [0.25, 0.3) is 0 Å². The van der Waals surface area contributed by atoms with E-state index in [1.807, 2.05) is 30.3 Å². The molecule has 2 aromatic carbocycles. The van der Waals surface area contributed by atoms with Gasteiger partial charge in [-0.25, -0.2) is 4.98 Å². The van der Waals surface area contributed by atoms with Crippen LogP contribution in [0.2, 0.25) is 0 Å². The van der Waals surface area contributed by atoms with E-state index < -0.39 is 129 Å². The van der Waals surface area contributed by atoms with Gasteiger partial charge in [0, 0.05) is 152 Å². The first-order valence-electron chi connectivity index (χ1n) is 26.2. The summed E-state index contributed by atoms with van der Waals surface area (Å²) in [5.74, 6) is -10.4. The van der Waals surface area contributed by atoms with Crippen LogP contribution < -0.4 is 21.3 Å². The van der Waals surface area contributed by atoms with Gasteiger partial charge in [0.15, 0.2) is 0 Å². The van der Waals surface area contributed by atoms with E-state index in [0.717, 1.165) is 5.56 Å². The van der Waals surface area contributed by atoms with Gasteiger partial charge < -0.3 is 66.7 Å². The number of imidazole rings is 1. The van der Waals surface area contributed by atoms with Crippen LogP contribution in [0.5, 0.6) is 0 Å². The molecule has 0 spiro atoms. The van der Waals surface area contributed by atoms with E-state index in [-0.39, 0.29) is 146 Å². The molecule has 455 valence electrons. The minimum Gasteiger partial charge on any atom is -0.481 e. The molecule has 1 aromatic heterocycles. The molecule has 0 aliphatic carbocycles. The number of nitrogens with one attached hydrogen (secondary N) is 5. The van der Waals surface area contributed by atoms with Crippen LogP contribution in [-0.4, -0.2) is 245 Å². The Hall–Kier alpha value is -7.31. The molecule has 3 aromatic rings. The van der Waals surface area contributed by atoms with Crippen molar-refractivity contribution in [2.24, 2.45) is 0 Å². The number of anilines is 1. The third-order valence-corrected chi connectivity index (χ3v) is 13.3. The number of hydrogen-bond donors (Lipinski definition) is 11. The zero-order valence-electron chi connectivity index (χ0n) is 44.8. The third-order valence-electron chi connectivity index (χ3n) is 13.3. The fraction of sp³-hybridized carbons (Fsp3) is 0.500. The third kappa shape index (κ3) is 23.7. The summed E-state index contributed by atoms with van der Waals surface area (Å²) in [6, 6.07) is 9.82. The quantitative estimate of drug-likeness (QED) is 0.0354. The maximum Gasteiger partial charge on any atom is 0.317 e. The van der Waals surface area contributed by atoms with Crippen molar-refractivity contribution in [3.63, 3.8) is 0 Å². The number of aliphatic carboxylic acids is 6. The first-order valence-corrected chi connectivity index (χ1v) is 26.2. The first kappa shape index (κ1) is 67.2. The molecule has 1 saturated heterocycles. The SMILES string of the molecule is O=C(O)CCC(NC(=O)CN1CCN(CC(=O)O)CCN(CC(=O)O)CCN(CC(=O)O)CC1)C(=O)NC(CCC(=O)O)C(=O)NCCCN1Cc2cc(C(=O)N(Cc3ccccc3)Cc3ncc[nH]3)ccc2NC(CC(=O)O)C1=O.[177Lu]. The number of rotatable bonds is 29. The number of carboxylic acids is 6. The summed E-state index contributed by atoms with van der Waals surface area (Å²) in [5.41, 5.74) is 2.07. The number of carboxylic acid groups (broad SMARTS) is 6. The summed E-state index contributed by atoms with van der Waals surface area (Å²) in [4.78, 5) is 156. The van der Waals surface area contributed by atoms with Crippen LogP contribution >= 0.6 is 0 Å². The summed E-state index contributed by atoms with van der Waals surface area (Å²) in [7, 11) is 0. The fourth-order valence-electron chi connectivity index (χ4n) is 9.18. The van der Waals surface area contributed by atoms with Crippen molar-refractivity contribution in [1.29, 1.82) is 0 Å². The standard InChI is InChI=1S/C52H70N12O17.Lu/c65-42(30-59-17-19-60(31-46(72)73)21-23-62(33-48(76)77)24-22-61(20-18-59)32-47(74)75)57-39(10-12-44(68)69)50(79)58-38(9-11-43(66)67)49(78)55-13-4-16-63-28-36-25-35(7-8-37(36)56-40(52(63)81)26-45(70)71)51(80)64(29-41-53-14-15-54-41)27-34-5-2-1-3-6-34;/h1-3,5-8,14-15,25,38-40,56H,4,9-13,16-24,26-33H2,(H,53,54)(H,55,78)(H,57,65)(H,58,79)(H,66,67)(H,68,69)(H,70,71)(H,72,73)(H,74,75)(H,76,77);/i;1+2. The first-order chi connectivity index (χ1) is 38.6. The predicted molar refractivity (Wildman–Crippen MR) is 284 cm³/mol. The Morgan fingerprint density at radius 1 is 0.646 bits per heavy atom. The van der Waals surface area contributed by atoms with Crippen LogP contribution in [0, 0.1) is 36.9 Å². The van der Waals surface area contributed by atoms with Gasteiger partial charge in [-0.15, -0.1) is 0 Å². The predicted octanol–water partition coefficient (Wildman–Crippen LogP) is -1.47. The van der Waals surface area contributed by atoms with Gasteiger partial charge in [-0.2, -0.15) is 0 Å². The zero-order valence-corrected chi connectivity index (χ0v) is 46.5. The Bertz CT molecular complexity index is 2650. The Labute approximate surface area is 500 Å². The number of amides is 5. The van der Waals surface area contributed by atoms with Crippen molar-refractivity contribution in [1.82, 2.24) is 55.3 Å². The molecule has 2 aliphatic rings. The Morgan fingerprint density at radius 2 is 1.18 bits per heavy atom. The monoisotopic (exact) mass is 1310 g/mol. The summed E-state index contributed by atoms with van der Waals surface area (Å²) in [6.07, 6.45) is 0.551. The molecule has 3 heterocycles. The maximum atomic E-state index is 14.2. The molecular weight excluding hydrogens is 1240 g/mol. The molecule has 3 unspecified atom stereocenters. The van der Waals surface area contributed by atoms with Crippen LogP contribution in [0.4, 0.5) is 5.69 Å². The molecule has 82 heavy (non-hydrogen) atoms. The van der Waals surface area contributed by atoms with Crippen LogP contribution in [0.3, 0.4) is 0 Å². The molecule has 5 amide bonds. The molecule has 1 fully saturated rings. The largest absolute Gasteiger partial charge is 0.481 e. The normalized spacial score (nSPS) is 16.4. The molecule has 0 bridgehead atoms. The van der Waals surface area contributed by atoms with Gasteiger partial charge in [0.2, 0.25) is 23.6 Å². The van der Waals surface area contributed by atoms with Gasteiger partial charge >= 0.3 is 35.8 Å². The molecule has 0 saturated carbocycles. The van der Waals surface area contributed by atoms with E-state index in [1.165, 1.54) is 4.90 Å². The van der Waals surface area contributed by atoms with Crippen molar-refractivity contribution in [2.75, 3.05) is 96.9 Å². The summed E-state index contributed by atoms with van der Waals surface area (Å²) in [6.45, 7) is -0.788. The van der Waals surface area contributed by atoms with E-state index in [9.17, 15) is 83.4 Å². The minimum atomic E-state index is -1.57. The zero-order chi connectivity index (χ0) is 59.0. The number of carbonyl (C=O) groups is 11. The smallest absolute Gasteiger partial charge is 0.317 e. The van der Waals surface area contributed by atoms with Gasteiger partial charge in [0.25, 0.3) is 5.91 Å². The topological polar surface area (TPSA) is 405 Å². The molecule has 2 aliphatic heterocycles. The molecule has 30 heteroatoms. The van der Waals surface area contributed by atoms with Crippen molar-refractivity contribution < 1.29 is 120 Å². The molecule has 1 radical (unpaired) electrons. The maximum absolute atomic E-state index is 14.2. The van der Waals surface area contributed by atoms with E-state index in [1.54, 1.807) is 55.1 Å². The second-order valence-corrected chi connectivity index (χ2v) is 19.6. The minimum absolute atomic E-state index is 0. The number of aromatic amines is 1. The van der Waals surface area contributed by atoms with Crippen LogP contribution in [0.15, 0.2) is 60.9 Å². The molecule has 29 nitrogen and oxygen atoms in total. The Kier molecular flexibility index (Phi) is 28.0. The average Bonchev–Trinajstić information content (AvgIpc) is 3.91. The number of hydrogen-bond acceptors (Lipinski definition) is 17. The van der Waals surface area contributed by atoms with Crippen molar-refractivity contribution in [2.45, 2.75) is 76.3 Å². The number of aromatic nitrogens is 2. The van der Waals surface area contributed by atoms with E-state index in [2.05, 4.69) is 31.2 Å². The molecular formula is C52H70LuN12O17. The van der Waals surface area contributed by atoms with Gasteiger partial charge in [-0.05, 0) is 48.6 Å². The van der Waals surface area contributed by atoms with Crippen LogP contribution in [0.1, 0.15) is 65.8 Å². The number of H-pyrrole nitrogens is 1. The van der Waals surface area contributed by atoms with Gasteiger partial charge in [-0.1, -0.05) is 30.3 Å². The van der Waals surface area contributed by atoms with Gasteiger partial charge in [0.1, 0.15) is 23.9 Å². The van der Waals surface area contributed by atoms with Crippen molar-refractivity contribution >= 4 is 71.0 Å². The summed E-state index contributed by atoms with van der Waals surface area (Å²) < 4.78 is 0.